The number of rotatable bonds is 6. The first-order valence-corrected chi connectivity index (χ1v) is 8.32. The van der Waals surface area contributed by atoms with Gasteiger partial charge in [0.15, 0.2) is 0 Å². The summed E-state index contributed by atoms with van der Waals surface area (Å²) in [4.78, 5) is 0. The third-order valence-corrected chi connectivity index (χ3v) is 4.81. The van der Waals surface area contributed by atoms with Crippen LogP contribution in [0.1, 0.15) is 36.8 Å². The largest absolute Gasteiger partial charge is 1.00 e. The molecule has 0 saturated carbocycles. The van der Waals surface area contributed by atoms with E-state index >= 15 is 0 Å². The second-order valence-corrected chi connectivity index (χ2v) is 6.44. The summed E-state index contributed by atoms with van der Waals surface area (Å²) < 4.78 is 7.11. The second-order valence-electron chi connectivity index (χ2n) is 6.44. The number of aliphatic hydroxyl groups is 1. The van der Waals surface area contributed by atoms with Gasteiger partial charge >= 0.3 is 0 Å². The monoisotopic (exact) mass is 371 g/mol. The number of hydrogen-bond donors (Lipinski definition) is 1. The lowest BCUT2D eigenvalue weighted by Crippen LogP contribution is -3.00. The van der Waals surface area contributed by atoms with Crippen molar-refractivity contribution in [3.63, 3.8) is 0 Å². The van der Waals surface area contributed by atoms with E-state index in [2.05, 4.69) is 32.0 Å². The number of halogens is 1. The zero-order valence-electron chi connectivity index (χ0n) is 14.0. The molecular weight excluding hydrogens is 342 g/mol. The predicted molar refractivity (Wildman–Crippen MR) is 86.7 cm³/mol. The quantitative estimate of drug-likeness (QED) is 0.717. The number of para-hydroxylation sites is 1. The number of aliphatic hydroxyl groups excluding tert-OH is 1. The molecule has 22 heavy (non-hydrogen) atoms. The third kappa shape index (κ3) is 5.25. The van der Waals surface area contributed by atoms with Crippen molar-refractivity contribution in [1.82, 2.24) is 0 Å². The van der Waals surface area contributed by atoms with Crippen LogP contribution in [0, 0.1) is 13.8 Å². The Morgan fingerprint density at radius 1 is 1.00 bits per heavy atom. The molecule has 0 radical (unpaired) electrons. The lowest BCUT2D eigenvalue weighted by atomic mass is 10.1. The van der Waals surface area contributed by atoms with Crippen LogP contribution < -0.4 is 21.7 Å². The topological polar surface area (TPSA) is 29.5 Å². The molecular formula is C18H30BrNO2. The van der Waals surface area contributed by atoms with Crippen LogP contribution in [0.25, 0.3) is 0 Å². The van der Waals surface area contributed by atoms with Crippen LogP contribution >= 0.6 is 0 Å². The summed E-state index contributed by atoms with van der Waals surface area (Å²) in [6, 6.07) is 6.28. The number of likely N-dealkylation sites (tertiary alicyclic amines) is 1. The van der Waals surface area contributed by atoms with Crippen molar-refractivity contribution >= 4 is 0 Å². The van der Waals surface area contributed by atoms with Crippen molar-refractivity contribution in [1.29, 1.82) is 0 Å². The lowest BCUT2D eigenvalue weighted by molar-refractivity contribution is -0.927. The molecule has 1 fully saturated rings. The van der Waals surface area contributed by atoms with Gasteiger partial charge in [-0.2, -0.15) is 0 Å². The standard InChI is InChI=1S/C18H30NO2.BrH/c1-16-8-7-9-17(2)18(16)21-15-13-19(12-14-20)10-5-3-4-6-11-19;/h7-9,20H,3-6,10-15H2,1-2H3;1H/q+1;/p-1. The fraction of sp³-hybridized carbons (Fsp3) is 0.667. The molecule has 1 aromatic carbocycles. The maximum atomic E-state index is 9.42. The van der Waals surface area contributed by atoms with Gasteiger partial charge in [-0.25, -0.2) is 0 Å². The molecule has 0 aliphatic carbocycles. The molecule has 1 N–H and O–H groups in total. The minimum atomic E-state index is 0. The van der Waals surface area contributed by atoms with E-state index < -0.39 is 0 Å². The summed E-state index contributed by atoms with van der Waals surface area (Å²) >= 11 is 0. The number of aryl methyl sites for hydroxylation is 2. The molecule has 0 spiro atoms. The van der Waals surface area contributed by atoms with Crippen molar-refractivity contribution in [2.45, 2.75) is 39.5 Å². The second kappa shape index (κ2) is 9.53. The highest BCUT2D eigenvalue weighted by Crippen LogP contribution is 2.23. The highest BCUT2D eigenvalue weighted by atomic mass is 79.9. The number of hydrogen-bond acceptors (Lipinski definition) is 2. The first-order valence-electron chi connectivity index (χ1n) is 8.32. The summed E-state index contributed by atoms with van der Waals surface area (Å²) in [7, 11) is 0. The van der Waals surface area contributed by atoms with Crippen molar-refractivity contribution in [3.05, 3.63) is 29.3 Å². The lowest BCUT2D eigenvalue weighted by Gasteiger charge is -2.37. The van der Waals surface area contributed by atoms with Gasteiger partial charge < -0.3 is 31.3 Å². The van der Waals surface area contributed by atoms with E-state index in [0.29, 0.717) is 0 Å². The minimum Gasteiger partial charge on any atom is -1.00 e. The van der Waals surface area contributed by atoms with Crippen molar-refractivity contribution < 1.29 is 31.3 Å². The van der Waals surface area contributed by atoms with E-state index in [1.165, 1.54) is 49.9 Å². The first kappa shape index (κ1) is 19.5. The normalized spacial score (nSPS) is 17.4. The Hall–Kier alpha value is -0.580. The molecule has 3 nitrogen and oxygen atoms in total. The zero-order chi connectivity index (χ0) is 15.1. The van der Waals surface area contributed by atoms with E-state index in [-0.39, 0.29) is 23.6 Å². The van der Waals surface area contributed by atoms with E-state index in [9.17, 15) is 5.11 Å². The molecule has 0 atom stereocenters. The Kier molecular flexibility index (Phi) is 8.44. The SMILES string of the molecule is Cc1cccc(C)c1OCC[N+]1(CCO)CCCCCC1.[Br-]. The van der Waals surface area contributed by atoms with Crippen molar-refractivity contribution in [2.75, 3.05) is 39.4 Å². The Balaban J connectivity index is 0.00000242. The molecule has 126 valence electrons. The van der Waals surface area contributed by atoms with Crippen LogP contribution in [-0.2, 0) is 0 Å². The summed E-state index contributed by atoms with van der Waals surface area (Å²) in [5.74, 6) is 1.04. The molecule has 1 aliphatic rings. The smallest absolute Gasteiger partial charge is 0.137 e. The van der Waals surface area contributed by atoms with Gasteiger partial charge in [-0.15, -0.1) is 0 Å². The van der Waals surface area contributed by atoms with Gasteiger partial charge in [0.2, 0.25) is 0 Å². The van der Waals surface area contributed by atoms with E-state index in [4.69, 9.17) is 4.74 Å². The minimum absolute atomic E-state index is 0. The summed E-state index contributed by atoms with van der Waals surface area (Å²) in [6.07, 6.45) is 5.24. The molecule has 1 saturated heterocycles. The van der Waals surface area contributed by atoms with Gasteiger partial charge in [0, 0.05) is 0 Å². The van der Waals surface area contributed by atoms with E-state index in [1.54, 1.807) is 0 Å². The molecule has 2 rings (SSSR count). The molecule has 1 aromatic rings. The molecule has 0 aromatic heterocycles. The highest BCUT2D eigenvalue weighted by Gasteiger charge is 2.28. The maximum absolute atomic E-state index is 9.42. The van der Waals surface area contributed by atoms with Gasteiger partial charge in [0.05, 0.1) is 19.7 Å². The Labute approximate surface area is 145 Å². The number of ether oxygens (including phenoxy) is 1. The first-order chi connectivity index (χ1) is 10.2. The van der Waals surface area contributed by atoms with Gasteiger partial charge in [-0.3, -0.25) is 0 Å². The average Bonchev–Trinajstić information content (AvgIpc) is 2.69. The predicted octanol–water partition coefficient (Wildman–Crippen LogP) is 0.0693. The fourth-order valence-corrected chi connectivity index (χ4v) is 3.50. The fourth-order valence-electron chi connectivity index (χ4n) is 3.50. The maximum Gasteiger partial charge on any atom is 0.137 e. The molecule has 1 heterocycles. The summed E-state index contributed by atoms with van der Waals surface area (Å²) in [5.41, 5.74) is 2.42. The van der Waals surface area contributed by atoms with Crippen LogP contribution in [0.5, 0.6) is 5.75 Å². The van der Waals surface area contributed by atoms with E-state index in [0.717, 1.165) is 29.9 Å². The third-order valence-electron chi connectivity index (χ3n) is 4.81. The van der Waals surface area contributed by atoms with Crippen LogP contribution in [0.2, 0.25) is 0 Å². The number of nitrogens with zero attached hydrogens (tertiary/aromatic N) is 1. The summed E-state index contributed by atoms with van der Waals surface area (Å²) in [5, 5.41) is 9.42. The Morgan fingerprint density at radius 2 is 1.59 bits per heavy atom. The van der Waals surface area contributed by atoms with E-state index in [1.807, 2.05) is 0 Å². The number of quaternary nitrogens is 1. The van der Waals surface area contributed by atoms with Crippen LogP contribution in [0.3, 0.4) is 0 Å². The van der Waals surface area contributed by atoms with Crippen LogP contribution in [0.15, 0.2) is 18.2 Å². The van der Waals surface area contributed by atoms with Gasteiger partial charge in [-0.1, -0.05) is 18.2 Å². The molecule has 1 aliphatic heterocycles. The summed E-state index contributed by atoms with van der Waals surface area (Å²) in [6.45, 7) is 9.49. The van der Waals surface area contributed by atoms with Crippen LogP contribution in [0.4, 0.5) is 0 Å². The van der Waals surface area contributed by atoms with Crippen molar-refractivity contribution in [3.8, 4) is 5.75 Å². The van der Waals surface area contributed by atoms with Crippen molar-refractivity contribution in [2.24, 2.45) is 0 Å². The molecule has 0 bridgehead atoms. The molecule has 4 heteroatoms. The van der Waals surface area contributed by atoms with Crippen LogP contribution in [-0.4, -0.2) is 49.0 Å². The molecule has 0 unspecified atom stereocenters. The Morgan fingerprint density at radius 3 is 2.14 bits per heavy atom. The zero-order valence-corrected chi connectivity index (χ0v) is 15.6. The number of benzene rings is 1. The van der Waals surface area contributed by atoms with Gasteiger partial charge in [0.25, 0.3) is 0 Å². The highest BCUT2D eigenvalue weighted by molar-refractivity contribution is 5.39. The molecule has 0 amide bonds. The van der Waals surface area contributed by atoms with Gasteiger partial charge in [0.1, 0.15) is 25.4 Å². The Bertz CT molecular complexity index is 422. The van der Waals surface area contributed by atoms with Gasteiger partial charge in [-0.05, 0) is 50.7 Å². The average molecular weight is 372 g/mol.